The maximum Gasteiger partial charge on any atom is 0.305 e. The quantitative estimate of drug-likeness (QED) is 0.106. The lowest BCUT2D eigenvalue weighted by atomic mass is 10.0. The van der Waals surface area contributed by atoms with Gasteiger partial charge in [-0.3, -0.25) is 4.79 Å². The molecule has 12 heteroatoms. The lowest BCUT2D eigenvalue weighted by molar-refractivity contribution is -0.140. The summed E-state index contributed by atoms with van der Waals surface area (Å²) in [7, 11) is -2.67. The summed E-state index contributed by atoms with van der Waals surface area (Å²) in [6, 6.07) is 16.1. The van der Waals surface area contributed by atoms with Crippen LogP contribution in [-0.2, 0) is 19.6 Å². The van der Waals surface area contributed by atoms with Gasteiger partial charge in [-0.15, -0.1) is 11.3 Å². The van der Waals surface area contributed by atoms with Crippen LogP contribution in [-0.4, -0.2) is 35.9 Å². The molecule has 0 saturated heterocycles. The SMILES string of the molecule is COC(=O)CCCBr.[C-]#[N+]c1sccc1-c1c(-c2cccs2)n(S(=O)(=O)c2ccc(Cl)cc2)c2cc(O)ccc12. The highest BCUT2D eigenvalue weighted by Crippen LogP contribution is 2.48. The number of carbonyl (C=O) groups excluding carboxylic acids is 1. The molecule has 0 aliphatic heterocycles. The van der Waals surface area contributed by atoms with Crippen LogP contribution >= 0.6 is 50.2 Å². The van der Waals surface area contributed by atoms with Crippen LogP contribution in [0.1, 0.15) is 12.8 Å². The molecule has 3 aromatic heterocycles. The summed E-state index contributed by atoms with van der Waals surface area (Å²) in [5, 5.41) is 16.3. The molecule has 0 atom stereocenters. The summed E-state index contributed by atoms with van der Waals surface area (Å²) in [6.07, 6.45) is 1.37. The van der Waals surface area contributed by atoms with Gasteiger partial charge >= 0.3 is 5.97 Å². The number of halogens is 2. The van der Waals surface area contributed by atoms with Gasteiger partial charge in [0.2, 0.25) is 5.00 Å². The number of benzene rings is 2. The molecular formula is C28H22BrClN2O5S3. The molecule has 0 saturated carbocycles. The highest BCUT2D eigenvalue weighted by atomic mass is 79.9. The number of fused-ring (bicyclic) bond motifs is 1. The lowest BCUT2D eigenvalue weighted by Gasteiger charge is -2.13. The summed E-state index contributed by atoms with van der Waals surface area (Å²) in [6.45, 7) is 7.58. The smallest absolute Gasteiger partial charge is 0.305 e. The molecule has 0 fully saturated rings. The van der Waals surface area contributed by atoms with E-state index < -0.39 is 10.0 Å². The van der Waals surface area contributed by atoms with Crippen LogP contribution in [0.15, 0.2) is 76.3 Å². The van der Waals surface area contributed by atoms with Crippen molar-refractivity contribution in [3.05, 3.63) is 87.9 Å². The van der Waals surface area contributed by atoms with Gasteiger partial charge in [0, 0.05) is 39.4 Å². The Morgan fingerprint density at radius 3 is 2.50 bits per heavy atom. The third-order valence-corrected chi connectivity index (χ3v) is 10.00. The Bertz CT molecular complexity index is 1790. The van der Waals surface area contributed by atoms with Gasteiger partial charge in [0.15, 0.2) is 0 Å². The Morgan fingerprint density at radius 1 is 1.12 bits per heavy atom. The zero-order chi connectivity index (χ0) is 28.9. The number of alkyl halides is 1. The zero-order valence-electron chi connectivity index (χ0n) is 21.0. The largest absolute Gasteiger partial charge is 0.508 e. The number of aromatic nitrogens is 1. The van der Waals surface area contributed by atoms with E-state index in [-0.39, 0.29) is 16.6 Å². The van der Waals surface area contributed by atoms with Gasteiger partial charge in [-0.1, -0.05) is 39.7 Å². The van der Waals surface area contributed by atoms with Gasteiger partial charge in [0.25, 0.3) is 10.0 Å². The maximum atomic E-state index is 13.9. The number of hydrogen-bond donors (Lipinski definition) is 1. The minimum atomic E-state index is -4.07. The molecule has 0 unspecified atom stereocenters. The number of phenols is 1. The first kappa shape index (κ1) is 29.8. The average Bonchev–Trinajstić information content (AvgIpc) is 3.70. The van der Waals surface area contributed by atoms with Gasteiger partial charge in [0.05, 0.1) is 34.7 Å². The molecule has 5 rings (SSSR count). The number of rotatable bonds is 7. The van der Waals surface area contributed by atoms with Gasteiger partial charge in [-0.05, 0) is 59.6 Å². The summed E-state index contributed by atoms with van der Waals surface area (Å²) in [5.41, 5.74) is 2.10. The molecule has 0 bridgehead atoms. The second-order valence-corrected chi connectivity index (χ2v) is 13.1. The zero-order valence-corrected chi connectivity index (χ0v) is 25.8. The summed E-state index contributed by atoms with van der Waals surface area (Å²) in [4.78, 5) is 14.8. The van der Waals surface area contributed by atoms with Gasteiger partial charge in [-0.2, -0.15) is 11.3 Å². The van der Waals surface area contributed by atoms with E-state index in [4.69, 9.17) is 18.2 Å². The Morgan fingerprint density at radius 2 is 1.88 bits per heavy atom. The molecule has 7 nitrogen and oxygen atoms in total. The Balaban J connectivity index is 0.000000406. The molecule has 1 N–H and O–H groups in total. The van der Waals surface area contributed by atoms with Crippen molar-refractivity contribution < 1.29 is 23.1 Å². The predicted octanol–water partition coefficient (Wildman–Crippen LogP) is 8.58. The summed E-state index contributed by atoms with van der Waals surface area (Å²) < 4.78 is 33.5. The molecule has 2 aromatic carbocycles. The van der Waals surface area contributed by atoms with E-state index in [1.54, 1.807) is 6.07 Å². The fourth-order valence-electron chi connectivity index (χ4n) is 4.01. The van der Waals surface area contributed by atoms with Crippen LogP contribution in [0.4, 0.5) is 5.00 Å². The topological polar surface area (TPSA) is 90.0 Å². The van der Waals surface area contributed by atoms with Crippen molar-refractivity contribution in [3.8, 4) is 27.4 Å². The fourth-order valence-corrected chi connectivity index (χ4v) is 7.45. The molecule has 0 aliphatic carbocycles. The van der Waals surface area contributed by atoms with E-state index in [1.807, 2.05) is 29.0 Å². The Labute approximate surface area is 253 Å². The van der Waals surface area contributed by atoms with Crippen molar-refractivity contribution in [2.24, 2.45) is 0 Å². The number of carbonyl (C=O) groups is 1. The normalized spacial score (nSPS) is 11.1. The Kier molecular flexibility index (Phi) is 9.71. The molecule has 0 spiro atoms. The molecular weight excluding hydrogens is 656 g/mol. The third kappa shape index (κ3) is 6.11. The lowest BCUT2D eigenvalue weighted by Crippen LogP contribution is -2.14. The molecule has 5 aromatic rings. The second-order valence-electron chi connectivity index (χ2n) is 8.25. The fraction of sp³-hybridized carbons (Fsp3) is 0.143. The van der Waals surface area contributed by atoms with Crippen molar-refractivity contribution in [2.75, 3.05) is 12.4 Å². The van der Waals surface area contributed by atoms with E-state index in [1.165, 1.54) is 70.2 Å². The van der Waals surface area contributed by atoms with Gasteiger partial charge in [-0.25, -0.2) is 17.2 Å². The molecule has 0 aliphatic rings. The molecule has 0 amide bonds. The van der Waals surface area contributed by atoms with Crippen molar-refractivity contribution in [1.82, 2.24) is 3.97 Å². The van der Waals surface area contributed by atoms with Gasteiger partial charge < -0.3 is 9.84 Å². The monoisotopic (exact) mass is 676 g/mol. The minimum absolute atomic E-state index is 0.0532. The van der Waals surface area contributed by atoms with Gasteiger partial charge in [0.1, 0.15) is 5.75 Å². The van der Waals surface area contributed by atoms with Crippen molar-refractivity contribution in [2.45, 2.75) is 17.7 Å². The van der Waals surface area contributed by atoms with Crippen molar-refractivity contribution >= 4 is 82.1 Å². The number of phenolic OH excluding ortho intramolecular Hbond substituents is 1. The summed E-state index contributed by atoms with van der Waals surface area (Å²) >= 11 is 11.9. The van der Waals surface area contributed by atoms with Crippen LogP contribution in [0.3, 0.4) is 0 Å². The van der Waals surface area contributed by atoms with E-state index in [0.717, 1.165) is 16.6 Å². The van der Waals surface area contributed by atoms with E-state index in [2.05, 4.69) is 25.5 Å². The third-order valence-electron chi connectivity index (χ3n) is 5.77. The van der Waals surface area contributed by atoms with E-state index >= 15 is 0 Å². The molecule has 206 valence electrons. The highest BCUT2D eigenvalue weighted by Gasteiger charge is 2.30. The van der Waals surface area contributed by atoms with Crippen LogP contribution in [0.2, 0.25) is 5.02 Å². The number of nitrogens with zero attached hydrogens (tertiary/aromatic N) is 2. The number of ether oxygens (including phenoxy) is 1. The van der Waals surface area contributed by atoms with Crippen LogP contribution in [0, 0.1) is 6.57 Å². The number of esters is 1. The first-order chi connectivity index (χ1) is 19.2. The number of hydrogen-bond acceptors (Lipinski definition) is 7. The maximum absolute atomic E-state index is 13.9. The van der Waals surface area contributed by atoms with Crippen molar-refractivity contribution in [3.63, 3.8) is 0 Å². The van der Waals surface area contributed by atoms with Crippen molar-refractivity contribution in [1.29, 1.82) is 0 Å². The Hall–Kier alpha value is -3.14. The average molecular weight is 678 g/mol. The number of methoxy groups -OCH3 is 1. The number of thiophene rings is 2. The standard InChI is InChI=1S/C23H13ClN2O3S3.C5H9BrO2/c1-25-23-18(10-12-31-23)21-17-9-6-15(27)13-19(17)26(22(21)20-3-2-11-30-20)32(28,29)16-7-4-14(24)5-8-16;1-8-5(7)3-2-4-6/h2-13,27H;2-4H2,1H3. The summed E-state index contributed by atoms with van der Waals surface area (Å²) in [5.74, 6) is -0.188. The molecule has 0 radical (unpaired) electrons. The minimum Gasteiger partial charge on any atom is -0.508 e. The predicted molar refractivity (Wildman–Crippen MR) is 166 cm³/mol. The van der Waals surface area contributed by atoms with Crippen LogP contribution < -0.4 is 0 Å². The van der Waals surface area contributed by atoms with Crippen LogP contribution in [0.5, 0.6) is 5.75 Å². The first-order valence-electron chi connectivity index (χ1n) is 11.7. The number of aromatic hydroxyl groups is 1. The van der Waals surface area contributed by atoms with E-state index in [9.17, 15) is 18.3 Å². The second kappa shape index (κ2) is 13.0. The molecule has 40 heavy (non-hydrogen) atoms. The van der Waals surface area contributed by atoms with Crippen LogP contribution in [0.25, 0.3) is 37.4 Å². The first-order valence-corrected chi connectivity index (χ1v) is 16.4. The highest BCUT2D eigenvalue weighted by molar-refractivity contribution is 9.09. The van der Waals surface area contributed by atoms with E-state index in [0.29, 0.717) is 44.2 Å². The molecule has 3 heterocycles.